The van der Waals surface area contributed by atoms with Crippen LogP contribution in [0.4, 0.5) is 5.69 Å². The molecule has 9 heteroatoms. The van der Waals surface area contributed by atoms with Gasteiger partial charge >= 0.3 is 0 Å². The van der Waals surface area contributed by atoms with Crippen LogP contribution in [0.5, 0.6) is 5.75 Å². The normalized spacial score (nSPS) is 18.3. The Labute approximate surface area is 214 Å². The second-order valence-corrected chi connectivity index (χ2v) is 9.74. The van der Waals surface area contributed by atoms with E-state index in [4.69, 9.17) is 33.0 Å². The first kappa shape index (κ1) is 25.5. The molecule has 186 valence electrons. The first-order valence-corrected chi connectivity index (χ1v) is 12.2. The lowest BCUT2D eigenvalue weighted by Crippen LogP contribution is -2.52. The van der Waals surface area contributed by atoms with Crippen molar-refractivity contribution in [2.75, 3.05) is 44.3 Å². The first-order chi connectivity index (χ1) is 16.8. The van der Waals surface area contributed by atoms with E-state index in [1.807, 2.05) is 36.4 Å². The van der Waals surface area contributed by atoms with Crippen LogP contribution < -0.4 is 15.2 Å². The number of aliphatic hydroxyl groups is 2. The molecule has 0 radical (unpaired) electrons. The van der Waals surface area contributed by atoms with Gasteiger partial charge in [-0.2, -0.15) is 0 Å². The van der Waals surface area contributed by atoms with Gasteiger partial charge in [0.1, 0.15) is 18.0 Å². The Kier molecular flexibility index (Phi) is 8.04. The van der Waals surface area contributed by atoms with Gasteiger partial charge in [0.25, 0.3) is 0 Å². The molecule has 0 spiro atoms. The van der Waals surface area contributed by atoms with E-state index in [9.17, 15) is 9.90 Å². The summed E-state index contributed by atoms with van der Waals surface area (Å²) in [5, 5.41) is 21.4. The third kappa shape index (κ3) is 6.18. The zero-order valence-electron chi connectivity index (χ0n) is 19.5. The van der Waals surface area contributed by atoms with Crippen LogP contribution in [-0.2, 0) is 5.60 Å². The summed E-state index contributed by atoms with van der Waals surface area (Å²) in [6.07, 6.45) is 1.56. The number of β-amino-alcohol motifs (C(OH)–C–C–N with tert-alkyl or cyclic N) is 1. The molecule has 3 N–H and O–H groups in total. The number of anilines is 1. The molecule has 1 fully saturated rings. The molecule has 35 heavy (non-hydrogen) atoms. The van der Waals surface area contributed by atoms with Crippen molar-refractivity contribution in [3.8, 4) is 5.75 Å². The number of halogens is 2. The SMILES string of the molecule is C[C@@](O)(CN1CCN(c2ccc(OCCO)cc2Cl)[C@H](c2ccc(Cl)cc2)C1)c1ccc(=O)[nH]c1. The Balaban J connectivity index is 1.59. The fraction of sp³-hybridized carbons (Fsp3) is 0.346. The number of piperazine rings is 1. The fourth-order valence-electron chi connectivity index (χ4n) is 4.49. The highest BCUT2D eigenvalue weighted by Crippen LogP contribution is 2.38. The third-order valence-corrected chi connectivity index (χ3v) is 6.80. The highest BCUT2D eigenvalue weighted by Gasteiger charge is 2.34. The van der Waals surface area contributed by atoms with E-state index in [1.54, 1.807) is 25.3 Å². The van der Waals surface area contributed by atoms with Gasteiger partial charge in [-0.05, 0) is 42.8 Å². The van der Waals surface area contributed by atoms with Crippen LogP contribution in [0.25, 0.3) is 0 Å². The second-order valence-electron chi connectivity index (χ2n) is 8.90. The highest BCUT2D eigenvalue weighted by molar-refractivity contribution is 6.33. The molecule has 2 heterocycles. The zero-order chi connectivity index (χ0) is 25.0. The molecule has 7 nitrogen and oxygen atoms in total. The van der Waals surface area contributed by atoms with Crippen molar-refractivity contribution in [1.82, 2.24) is 9.88 Å². The number of hydrogen-bond acceptors (Lipinski definition) is 6. The van der Waals surface area contributed by atoms with Crippen molar-refractivity contribution in [3.05, 3.63) is 92.3 Å². The molecule has 0 bridgehead atoms. The van der Waals surface area contributed by atoms with E-state index in [0.717, 1.165) is 11.3 Å². The Morgan fingerprint density at radius 2 is 1.89 bits per heavy atom. The minimum atomic E-state index is -1.14. The van der Waals surface area contributed by atoms with Crippen LogP contribution in [-0.4, -0.2) is 59.5 Å². The number of ether oxygens (including phenoxy) is 1. The molecule has 1 aliphatic rings. The van der Waals surface area contributed by atoms with Crippen molar-refractivity contribution >= 4 is 28.9 Å². The molecule has 4 rings (SSSR count). The number of nitrogens with zero attached hydrogens (tertiary/aromatic N) is 2. The summed E-state index contributed by atoms with van der Waals surface area (Å²) in [4.78, 5) is 18.6. The molecule has 1 aromatic heterocycles. The van der Waals surface area contributed by atoms with Crippen LogP contribution >= 0.6 is 23.2 Å². The summed E-state index contributed by atoms with van der Waals surface area (Å²) in [7, 11) is 0. The number of H-pyrrole nitrogens is 1. The molecular weight excluding hydrogens is 489 g/mol. The van der Waals surface area contributed by atoms with Gasteiger partial charge in [0.05, 0.1) is 23.4 Å². The van der Waals surface area contributed by atoms with Crippen LogP contribution in [0.1, 0.15) is 24.1 Å². The van der Waals surface area contributed by atoms with Gasteiger partial charge in [0, 0.05) is 55.1 Å². The van der Waals surface area contributed by atoms with Gasteiger partial charge in [0.2, 0.25) is 5.56 Å². The molecule has 1 aliphatic heterocycles. The van der Waals surface area contributed by atoms with Crippen LogP contribution in [0.3, 0.4) is 0 Å². The predicted octanol–water partition coefficient (Wildman–Crippen LogP) is 3.82. The standard InChI is InChI=1S/C26H29Cl2N3O4/c1-26(34,19-4-9-25(33)29-15-19)17-30-10-11-31(24(16-30)18-2-5-20(27)6-3-18)23-8-7-21(14-22(23)28)35-13-12-32/h2-9,14-15,24,32,34H,10-13,16-17H2,1H3,(H,29,33)/t24-,26+/m0/s1. The molecule has 2 aromatic carbocycles. The van der Waals surface area contributed by atoms with Gasteiger partial charge in [-0.25, -0.2) is 0 Å². The van der Waals surface area contributed by atoms with Crippen molar-refractivity contribution < 1.29 is 14.9 Å². The Bertz CT molecular complexity index is 1180. The van der Waals surface area contributed by atoms with E-state index < -0.39 is 5.60 Å². The fourth-order valence-corrected chi connectivity index (χ4v) is 4.89. The molecule has 0 saturated carbocycles. The van der Waals surface area contributed by atoms with Gasteiger partial charge < -0.3 is 24.8 Å². The lowest BCUT2D eigenvalue weighted by molar-refractivity contribution is 0.01000. The van der Waals surface area contributed by atoms with Crippen LogP contribution in [0.15, 0.2) is 65.6 Å². The average molecular weight is 518 g/mol. The van der Waals surface area contributed by atoms with Gasteiger partial charge in [-0.1, -0.05) is 35.3 Å². The maximum Gasteiger partial charge on any atom is 0.247 e. The minimum Gasteiger partial charge on any atom is -0.491 e. The number of benzene rings is 2. The predicted molar refractivity (Wildman–Crippen MR) is 139 cm³/mol. The van der Waals surface area contributed by atoms with E-state index in [1.165, 1.54) is 6.07 Å². The number of aromatic nitrogens is 1. The summed E-state index contributed by atoms with van der Waals surface area (Å²) in [6.45, 7) is 4.35. The highest BCUT2D eigenvalue weighted by atomic mass is 35.5. The van der Waals surface area contributed by atoms with E-state index >= 15 is 0 Å². The van der Waals surface area contributed by atoms with Gasteiger partial charge in [-0.15, -0.1) is 0 Å². The van der Waals surface area contributed by atoms with Crippen molar-refractivity contribution in [2.24, 2.45) is 0 Å². The zero-order valence-corrected chi connectivity index (χ0v) is 21.0. The number of hydrogen-bond donors (Lipinski definition) is 3. The molecular formula is C26H29Cl2N3O4. The largest absolute Gasteiger partial charge is 0.491 e. The van der Waals surface area contributed by atoms with Crippen molar-refractivity contribution in [1.29, 1.82) is 0 Å². The molecule has 0 aliphatic carbocycles. The maximum absolute atomic E-state index is 11.4. The van der Waals surface area contributed by atoms with Gasteiger partial charge in [-0.3, -0.25) is 9.69 Å². The summed E-state index contributed by atoms with van der Waals surface area (Å²) in [5.41, 5.74) is 1.28. The quantitative estimate of drug-likeness (QED) is 0.420. The molecule has 2 atom stereocenters. The van der Waals surface area contributed by atoms with Crippen molar-refractivity contribution in [2.45, 2.75) is 18.6 Å². The topological polar surface area (TPSA) is 89.0 Å². The van der Waals surface area contributed by atoms with Gasteiger partial charge in [0.15, 0.2) is 0 Å². The number of nitrogens with one attached hydrogen (secondary N) is 1. The number of rotatable bonds is 8. The molecule has 3 aromatic rings. The Morgan fingerprint density at radius 3 is 2.54 bits per heavy atom. The van der Waals surface area contributed by atoms with E-state index in [2.05, 4.69) is 14.8 Å². The maximum atomic E-state index is 11.4. The lowest BCUT2D eigenvalue weighted by atomic mass is 9.95. The Hall–Kier alpha value is -2.55. The summed E-state index contributed by atoms with van der Waals surface area (Å²) in [6, 6.07) is 16.4. The summed E-state index contributed by atoms with van der Waals surface area (Å²) < 4.78 is 5.50. The van der Waals surface area contributed by atoms with Crippen LogP contribution in [0.2, 0.25) is 10.0 Å². The smallest absolute Gasteiger partial charge is 0.247 e. The Morgan fingerprint density at radius 1 is 1.11 bits per heavy atom. The van der Waals surface area contributed by atoms with E-state index in [-0.39, 0.29) is 24.8 Å². The third-order valence-electron chi connectivity index (χ3n) is 6.25. The summed E-state index contributed by atoms with van der Waals surface area (Å²) in [5.74, 6) is 0.603. The minimum absolute atomic E-state index is 0.0332. The number of aromatic amines is 1. The van der Waals surface area contributed by atoms with Crippen molar-refractivity contribution in [3.63, 3.8) is 0 Å². The average Bonchev–Trinajstić information content (AvgIpc) is 2.83. The number of aliphatic hydroxyl groups excluding tert-OH is 1. The second kappa shape index (κ2) is 11.0. The first-order valence-electron chi connectivity index (χ1n) is 11.5. The van der Waals surface area contributed by atoms with Crippen LogP contribution in [0, 0.1) is 0 Å². The monoisotopic (exact) mass is 517 g/mol. The molecule has 1 saturated heterocycles. The van der Waals surface area contributed by atoms with E-state index in [0.29, 0.717) is 47.5 Å². The number of pyridine rings is 1. The molecule has 0 amide bonds. The molecule has 0 unspecified atom stereocenters. The summed E-state index contributed by atoms with van der Waals surface area (Å²) >= 11 is 12.8. The lowest BCUT2D eigenvalue weighted by Gasteiger charge is -2.45.